The number of benzene rings is 1. The van der Waals surface area contributed by atoms with Gasteiger partial charge in [-0.05, 0) is 25.5 Å². The first-order valence-electron chi connectivity index (χ1n) is 7.44. The highest BCUT2D eigenvalue weighted by Gasteiger charge is 2.28. The monoisotopic (exact) mass is 367 g/mol. The van der Waals surface area contributed by atoms with Gasteiger partial charge in [0.2, 0.25) is 11.8 Å². The molecule has 1 fully saturated rings. The quantitative estimate of drug-likeness (QED) is 0.798. The van der Waals surface area contributed by atoms with E-state index in [9.17, 15) is 13.2 Å². The third-order valence-corrected chi connectivity index (χ3v) is 6.22. The summed E-state index contributed by atoms with van der Waals surface area (Å²) in [4.78, 5) is 11.9. The highest BCUT2D eigenvalue weighted by Crippen LogP contribution is 2.23. The number of sulfone groups is 1. The molecule has 0 aliphatic carbocycles. The van der Waals surface area contributed by atoms with Crippen LogP contribution in [0, 0.1) is 6.92 Å². The Morgan fingerprint density at radius 1 is 1.33 bits per heavy atom. The van der Waals surface area contributed by atoms with Gasteiger partial charge in [0, 0.05) is 11.6 Å². The van der Waals surface area contributed by atoms with E-state index in [0.29, 0.717) is 17.5 Å². The fraction of sp³-hybridized carbons (Fsp3) is 0.400. The van der Waals surface area contributed by atoms with E-state index in [2.05, 4.69) is 15.5 Å². The van der Waals surface area contributed by atoms with Crippen LogP contribution in [0.5, 0.6) is 0 Å². The number of hydrogen-bond donors (Lipinski definition) is 1. The number of rotatable bonds is 5. The number of thioether (sulfide) groups is 1. The first-order chi connectivity index (χ1) is 11.4. The SMILES string of the molecule is Cc1ccc(-c2nnc(SCC(=O)N[C@@H]3CCS(=O)(=O)C3)o2)cc1. The van der Waals surface area contributed by atoms with Crippen molar-refractivity contribution in [3.63, 3.8) is 0 Å². The number of nitrogens with one attached hydrogen (secondary N) is 1. The van der Waals surface area contributed by atoms with Crippen molar-refractivity contribution in [2.45, 2.75) is 24.6 Å². The summed E-state index contributed by atoms with van der Waals surface area (Å²) in [6.45, 7) is 1.99. The van der Waals surface area contributed by atoms with Crippen molar-refractivity contribution in [2.24, 2.45) is 0 Å². The molecule has 24 heavy (non-hydrogen) atoms. The minimum atomic E-state index is -3.00. The molecule has 1 amide bonds. The predicted molar refractivity (Wildman–Crippen MR) is 90.4 cm³/mol. The zero-order chi connectivity index (χ0) is 17.2. The van der Waals surface area contributed by atoms with Crippen LogP contribution in [0.3, 0.4) is 0 Å². The molecule has 1 aliphatic rings. The second kappa shape index (κ2) is 6.94. The first kappa shape index (κ1) is 17.0. The van der Waals surface area contributed by atoms with Crippen molar-refractivity contribution >= 4 is 27.5 Å². The molecular formula is C15H17N3O4S2. The Morgan fingerprint density at radius 2 is 2.08 bits per heavy atom. The number of carbonyl (C=O) groups is 1. The van der Waals surface area contributed by atoms with Crippen LogP contribution in [-0.4, -0.2) is 47.8 Å². The van der Waals surface area contributed by atoms with E-state index >= 15 is 0 Å². The molecule has 0 spiro atoms. The lowest BCUT2D eigenvalue weighted by molar-refractivity contribution is -0.119. The van der Waals surface area contributed by atoms with Gasteiger partial charge in [0.1, 0.15) is 0 Å². The van der Waals surface area contributed by atoms with Crippen LogP contribution in [0.25, 0.3) is 11.5 Å². The lowest BCUT2D eigenvalue weighted by Crippen LogP contribution is -2.36. The van der Waals surface area contributed by atoms with E-state index in [1.807, 2.05) is 31.2 Å². The average molecular weight is 367 g/mol. The summed E-state index contributed by atoms with van der Waals surface area (Å²) in [5, 5.41) is 10.9. The maximum absolute atomic E-state index is 11.9. The van der Waals surface area contributed by atoms with Crippen LogP contribution in [0.2, 0.25) is 0 Å². The number of amides is 1. The molecule has 3 rings (SSSR count). The number of aromatic nitrogens is 2. The lowest BCUT2D eigenvalue weighted by atomic mass is 10.1. The predicted octanol–water partition coefficient (Wildman–Crippen LogP) is 1.44. The summed E-state index contributed by atoms with van der Waals surface area (Å²) in [6.07, 6.45) is 0.469. The van der Waals surface area contributed by atoms with Crippen molar-refractivity contribution in [1.82, 2.24) is 15.5 Å². The minimum Gasteiger partial charge on any atom is -0.411 e. The van der Waals surface area contributed by atoms with Gasteiger partial charge in [-0.3, -0.25) is 4.79 Å². The van der Waals surface area contributed by atoms with E-state index < -0.39 is 9.84 Å². The average Bonchev–Trinajstić information content (AvgIpc) is 3.12. The van der Waals surface area contributed by atoms with E-state index in [-0.39, 0.29) is 29.2 Å². The van der Waals surface area contributed by atoms with Crippen LogP contribution in [0.15, 0.2) is 33.9 Å². The van der Waals surface area contributed by atoms with Crippen molar-refractivity contribution in [2.75, 3.05) is 17.3 Å². The second-order valence-corrected chi connectivity index (χ2v) is 8.85. The van der Waals surface area contributed by atoms with Gasteiger partial charge in [-0.15, -0.1) is 10.2 Å². The van der Waals surface area contributed by atoms with Crippen molar-refractivity contribution < 1.29 is 17.6 Å². The van der Waals surface area contributed by atoms with Crippen molar-refractivity contribution in [3.05, 3.63) is 29.8 Å². The molecule has 0 bridgehead atoms. The number of hydrogen-bond acceptors (Lipinski definition) is 7. The normalized spacial score (nSPS) is 19.3. The molecule has 1 atom stereocenters. The van der Waals surface area contributed by atoms with Gasteiger partial charge in [0.15, 0.2) is 9.84 Å². The third kappa shape index (κ3) is 4.35. The zero-order valence-corrected chi connectivity index (χ0v) is 14.7. The maximum Gasteiger partial charge on any atom is 0.277 e. The molecule has 2 aromatic rings. The summed E-state index contributed by atoms with van der Waals surface area (Å²) in [6, 6.07) is 7.40. The first-order valence-corrected chi connectivity index (χ1v) is 10.3. The molecule has 1 saturated heterocycles. The molecule has 7 nitrogen and oxygen atoms in total. The molecule has 0 radical (unpaired) electrons. The summed E-state index contributed by atoms with van der Waals surface area (Å²) in [5.41, 5.74) is 1.96. The molecule has 0 unspecified atom stereocenters. The fourth-order valence-electron chi connectivity index (χ4n) is 2.39. The van der Waals surface area contributed by atoms with Gasteiger partial charge in [-0.1, -0.05) is 29.5 Å². The van der Waals surface area contributed by atoms with E-state index in [1.54, 1.807) is 0 Å². The Kier molecular flexibility index (Phi) is 4.91. The highest BCUT2D eigenvalue weighted by atomic mass is 32.2. The zero-order valence-electron chi connectivity index (χ0n) is 13.1. The number of carbonyl (C=O) groups excluding carboxylic acids is 1. The van der Waals surface area contributed by atoms with Gasteiger partial charge in [-0.2, -0.15) is 0 Å². The van der Waals surface area contributed by atoms with Crippen molar-refractivity contribution in [3.8, 4) is 11.5 Å². The van der Waals surface area contributed by atoms with Crippen LogP contribution in [0.4, 0.5) is 0 Å². The van der Waals surface area contributed by atoms with Crippen LogP contribution in [0.1, 0.15) is 12.0 Å². The molecule has 0 saturated carbocycles. The van der Waals surface area contributed by atoms with E-state index in [4.69, 9.17) is 4.42 Å². The third-order valence-electron chi connectivity index (χ3n) is 3.63. The number of nitrogens with zero attached hydrogens (tertiary/aromatic N) is 2. The Bertz CT molecular complexity index is 831. The fourth-order valence-corrected chi connectivity index (χ4v) is 4.63. The Morgan fingerprint density at radius 3 is 2.75 bits per heavy atom. The molecule has 9 heteroatoms. The van der Waals surface area contributed by atoms with Crippen molar-refractivity contribution in [1.29, 1.82) is 0 Å². The van der Waals surface area contributed by atoms with Gasteiger partial charge in [-0.25, -0.2) is 8.42 Å². The lowest BCUT2D eigenvalue weighted by Gasteiger charge is -2.09. The topological polar surface area (TPSA) is 102 Å². The van der Waals surface area contributed by atoms with Crippen LogP contribution < -0.4 is 5.32 Å². The second-order valence-electron chi connectivity index (χ2n) is 5.70. The Balaban J connectivity index is 1.52. The molecule has 128 valence electrons. The summed E-state index contributed by atoms with van der Waals surface area (Å²) < 4.78 is 28.3. The largest absolute Gasteiger partial charge is 0.411 e. The standard InChI is InChI=1S/C15H17N3O4S2/c1-10-2-4-11(5-3-10)14-17-18-15(22-14)23-8-13(19)16-12-6-7-24(20,21)9-12/h2-5,12H,6-9H2,1H3,(H,16,19)/t12-/m1/s1. The van der Waals surface area contributed by atoms with Crippen LogP contribution >= 0.6 is 11.8 Å². The molecular weight excluding hydrogens is 350 g/mol. The summed E-state index contributed by atoms with van der Waals surface area (Å²) in [5.74, 6) is 0.416. The number of aryl methyl sites for hydroxylation is 1. The molecule has 1 aromatic carbocycles. The van der Waals surface area contributed by atoms with Gasteiger partial charge < -0.3 is 9.73 Å². The van der Waals surface area contributed by atoms with E-state index in [0.717, 1.165) is 22.9 Å². The maximum atomic E-state index is 11.9. The molecule has 1 aliphatic heterocycles. The smallest absolute Gasteiger partial charge is 0.277 e. The Labute approximate surface area is 144 Å². The van der Waals surface area contributed by atoms with E-state index in [1.165, 1.54) is 0 Å². The molecule has 1 aromatic heterocycles. The van der Waals surface area contributed by atoms with Crippen LogP contribution in [-0.2, 0) is 14.6 Å². The van der Waals surface area contributed by atoms with Gasteiger partial charge in [0.25, 0.3) is 5.22 Å². The van der Waals surface area contributed by atoms with Gasteiger partial charge >= 0.3 is 0 Å². The summed E-state index contributed by atoms with van der Waals surface area (Å²) >= 11 is 1.13. The minimum absolute atomic E-state index is 0.0154. The molecule has 1 N–H and O–H groups in total. The highest BCUT2D eigenvalue weighted by molar-refractivity contribution is 7.99. The Hall–Kier alpha value is -1.87. The summed E-state index contributed by atoms with van der Waals surface area (Å²) in [7, 11) is -3.00. The molecule has 2 heterocycles. The van der Waals surface area contributed by atoms with Gasteiger partial charge in [0.05, 0.1) is 17.3 Å².